The Morgan fingerprint density at radius 1 is 1.24 bits per heavy atom. The van der Waals surface area contributed by atoms with Gasteiger partial charge in [-0.15, -0.1) is 0 Å². The van der Waals surface area contributed by atoms with Crippen LogP contribution in [0.5, 0.6) is 11.5 Å². The first-order valence-corrected chi connectivity index (χ1v) is 6.23. The van der Waals surface area contributed by atoms with Gasteiger partial charge in [-0.25, -0.2) is 4.39 Å². The molecule has 0 atom stereocenters. The molecule has 0 saturated heterocycles. The predicted octanol–water partition coefficient (Wildman–Crippen LogP) is 2.26. The van der Waals surface area contributed by atoms with E-state index in [1.54, 1.807) is 13.0 Å². The van der Waals surface area contributed by atoms with Crippen molar-refractivity contribution in [2.45, 2.75) is 13.5 Å². The first kappa shape index (κ1) is 14.6. The predicted molar refractivity (Wildman–Crippen MR) is 76.8 cm³/mol. The molecule has 21 heavy (non-hydrogen) atoms. The van der Waals surface area contributed by atoms with Gasteiger partial charge in [0.2, 0.25) is 5.91 Å². The van der Waals surface area contributed by atoms with Gasteiger partial charge in [-0.05, 0) is 36.8 Å². The van der Waals surface area contributed by atoms with Crippen molar-refractivity contribution in [2.75, 3.05) is 5.32 Å². The van der Waals surface area contributed by atoms with Crippen molar-refractivity contribution in [2.24, 2.45) is 5.73 Å². The Labute approximate surface area is 120 Å². The highest BCUT2D eigenvalue weighted by molar-refractivity contribution is 5.94. The fraction of sp³-hybridized carbons (Fsp3) is 0.133. The van der Waals surface area contributed by atoms with Crippen LogP contribution in [0, 0.1) is 12.7 Å². The average Bonchev–Trinajstić information content (AvgIpc) is 2.43. The number of hydrogen-bond acceptors (Lipinski definition) is 4. The van der Waals surface area contributed by atoms with Gasteiger partial charge in [0.25, 0.3) is 0 Å². The van der Waals surface area contributed by atoms with Gasteiger partial charge in [0.1, 0.15) is 5.82 Å². The van der Waals surface area contributed by atoms with Crippen LogP contribution in [0.15, 0.2) is 30.3 Å². The Hall–Kier alpha value is -2.76. The lowest BCUT2D eigenvalue weighted by Crippen LogP contribution is -2.13. The first-order chi connectivity index (χ1) is 9.88. The molecule has 1 amide bonds. The minimum absolute atomic E-state index is 0.0779. The van der Waals surface area contributed by atoms with Gasteiger partial charge in [0, 0.05) is 23.4 Å². The number of halogens is 1. The van der Waals surface area contributed by atoms with Gasteiger partial charge in [0.15, 0.2) is 11.5 Å². The molecule has 5 N–H and O–H groups in total. The molecule has 0 heterocycles. The van der Waals surface area contributed by atoms with E-state index in [1.807, 2.05) is 0 Å². The molecule has 0 fully saturated rings. The molecule has 5 nitrogen and oxygen atoms in total. The number of carbonyl (C=O) groups is 1. The number of nitrogens with one attached hydrogen (secondary N) is 1. The van der Waals surface area contributed by atoms with Crippen molar-refractivity contribution in [3.8, 4) is 11.5 Å². The van der Waals surface area contributed by atoms with E-state index in [-0.39, 0.29) is 23.6 Å². The van der Waals surface area contributed by atoms with E-state index >= 15 is 0 Å². The summed E-state index contributed by atoms with van der Waals surface area (Å²) in [7, 11) is 0. The van der Waals surface area contributed by atoms with Gasteiger partial charge in [-0.3, -0.25) is 4.79 Å². The number of amides is 1. The molecular weight excluding hydrogens is 275 g/mol. The van der Waals surface area contributed by atoms with Gasteiger partial charge >= 0.3 is 0 Å². The Bertz CT molecular complexity index is 702. The minimum Gasteiger partial charge on any atom is -0.504 e. The van der Waals surface area contributed by atoms with Crippen molar-refractivity contribution in [3.63, 3.8) is 0 Å². The lowest BCUT2D eigenvalue weighted by atomic mass is 10.1. The Morgan fingerprint density at radius 2 is 1.95 bits per heavy atom. The van der Waals surface area contributed by atoms with Gasteiger partial charge in [0.05, 0.1) is 0 Å². The summed E-state index contributed by atoms with van der Waals surface area (Å²) >= 11 is 0. The van der Waals surface area contributed by atoms with Crippen LogP contribution >= 0.6 is 0 Å². The van der Waals surface area contributed by atoms with Crippen molar-refractivity contribution in [3.05, 3.63) is 52.8 Å². The highest BCUT2D eigenvalue weighted by Crippen LogP contribution is 2.26. The summed E-state index contributed by atoms with van der Waals surface area (Å²) in [6.45, 7) is 1.87. The second kappa shape index (κ2) is 5.70. The molecule has 0 spiro atoms. The summed E-state index contributed by atoms with van der Waals surface area (Å²) in [6, 6.07) is 6.94. The SMILES string of the molecule is Cc1c(F)cc(C(N)=O)cc1NCc1ccc(O)c(O)c1. The lowest BCUT2D eigenvalue weighted by molar-refractivity contribution is 0.1000. The molecule has 6 heteroatoms. The quantitative estimate of drug-likeness (QED) is 0.649. The molecule has 0 aliphatic rings. The molecule has 0 unspecified atom stereocenters. The number of nitrogens with two attached hydrogens (primary N) is 1. The smallest absolute Gasteiger partial charge is 0.248 e. The van der Waals surface area contributed by atoms with Gasteiger partial charge in [-0.1, -0.05) is 6.07 Å². The van der Waals surface area contributed by atoms with Crippen LogP contribution in [0.2, 0.25) is 0 Å². The Kier molecular flexibility index (Phi) is 3.98. The summed E-state index contributed by atoms with van der Waals surface area (Å²) in [5.41, 5.74) is 6.72. The van der Waals surface area contributed by atoms with Crippen LogP contribution in [0.3, 0.4) is 0 Å². The van der Waals surface area contributed by atoms with Crippen molar-refractivity contribution < 1.29 is 19.4 Å². The largest absolute Gasteiger partial charge is 0.504 e. The van der Waals surface area contributed by atoms with E-state index in [2.05, 4.69) is 5.32 Å². The number of hydrogen-bond donors (Lipinski definition) is 4. The maximum absolute atomic E-state index is 13.7. The van der Waals surface area contributed by atoms with Crippen molar-refractivity contribution in [1.29, 1.82) is 0 Å². The molecule has 2 aromatic rings. The lowest BCUT2D eigenvalue weighted by Gasteiger charge is -2.12. The summed E-state index contributed by atoms with van der Waals surface area (Å²) in [5, 5.41) is 21.6. The highest BCUT2D eigenvalue weighted by atomic mass is 19.1. The summed E-state index contributed by atoms with van der Waals surface area (Å²) < 4.78 is 13.7. The average molecular weight is 290 g/mol. The maximum atomic E-state index is 13.7. The third-order valence-electron chi connectivity index (χ3n) is 3.15. The summed E-state index contributed by atoms with van der Waals surface area (Å²) in [4.78, 5) is 11.1. The van der Waals surface area contributed by atoms with E-state index in [0.717, 1.165) is 6.07 Å². The number of primary amides is 1. The van der Waals surface area contributed by atoms with Crippen LogP contribution in [-0.4, -0.2) is 16.1 Å². The monoisotopic (exact) mass is 290 g/mol. The number of phenolic OH excluding ortho intramolecular Hbond substituents is 2. The molecule has 2 rings (SSSR count). The first-order valence-electron chi connectivity index (χ1n) is 6.23. The van der Waals surface area contributed by atoms with Crippen molar-refractivity contribution >= 4 is 11.6 Å². The number of anilines is 1. The third kappa shape index (κ3) is 3.22. The second-order valence-electron chi connectivity index (χ2n) is 4.67. The van der Waals surface area contributed by atoms with Crippen LogP contribution in [0.4, 0.5) is 10.1 Å². The maximum Gasteiger partial charge on any atom is 0.248 e. The Balaban J connectivity index is 2.23. The zero-order chi connectivity index (χ0) is 15.6. The Morgan fingerprint density at radius 3 is 2.57 bits per heavy atom. The number of rotatable bonds is 4. The third-order valence-corrected chi connectivity index (χ3v) is 3.15. The molecule has 0 saturated carbocycles. The molecule has 0 aliphatic carbocycles. The van der Waals surface area contributed by atoms with E-state index in [0.29, 0.717) is 16.8 Å². The van der Waals surface area contributed by atoms with Gasteiger partial charge in [-0.2, -0.15) is 0 Å². The standard InChI is InChI=1S/C15H15FN2O3/c1-8-11(16)5-10(15(17)21)6-12(8)18-7-9-2-3-13(19)14(20)4-9/h2-6,18-20H,7H2,1H3,(H2,17,21). The number of carbonyl (C=O) groups excluding carboxylic acids is 1. The zero-order valence-corrected chi connectivity index (χ0v) is 11.4. The van der Waals surface area contributed by atoms with E-state index < -0.39 is 11.7 Å². The second-order valence-corrected chi connectivity index (χ2v) is 4.67. The number of phenols is 2. The van der Waals surface area contributed by atoms with Gasteiger partial charge < -0.3 is 21.3 Å². The number of benzene rings is 2. The van der Waals surface area contributed by atoms with E-state index in [4.69, 9.17) is 5.73 Å². The van der Waals surface area contributed by atoms with Crippen LogP contribution in [0.25, 0.3) is 0 Å². The normalized spacial score (nSPS) is 10.4. The molecule has 0 bridgehead atoms. The number of aromatic hydroxyl groups is 2. The summed E-state index contributed by atoms with van der Waals surface area (Å²) in [5.74, 6) is -1.68. The fourth-order valence-corrected chi connectivity index (χ4v) is 1.88. The van der Waals surface area contributed by atoms with E-state index in [1.165, 1.54) is 18.2 Å². The van der Waals surface area contributed by atoms with Crippen LogP contribution < -0.4 is 11.1 Å². The van der Waals surface area contributed by atoms with Crippen LogP contribution in [-0.2, 0) is 6.54 Å². The molecule has 110 valence electrons. The topological polar surface area (TPSA) is 95.6 Å². The molecular formula is C15H15FN2O3. The van der Waals surface area contributed by atoms with E-state index in [9.17, 15) is 19.4 Å². The molecule has 2 aromatic carbocycles. The molecule has 0 radical (unpaired) electrons. The fourth-order valence-electron chi connectivity index (χ4n) is 1.88. The minimum atomic E-state index is -0.709. The zero-order valence-electron chi connectivity index (χ0n) is 11.4. The van der Waals surface area contributed by atoms with Crippen LogP contribution in [0.1, 0.15) is 21.5 Å². The summed E-state index contributed by atoms with van der Waals surface area (Å²) in [6.07, 6.45) is 0. The molecule has 0 aliphatic heterocycles. The molecule has 0 aromatic heterocycles. The van der Waals surface area contributed by atoms with Crippen molar-refractivity contribution in [1.82, 2.24) is 0 Å². The highest BCUT2D eigenvalue weighted by Gasteiger charge is 2.10.